The van der Waals surface area contributed by atoms with Crippen molar-refractivity contribution >= 4 is 17.6 Å². The molecule has 0 aliphatic heterocycles. The first kappa shape index (κ1) is 28.9. The molecule has 0 aliphatic carbocycles. The molecule has 0 bridgehead atoms. The number of esters is 1. The summed E-state index contributed by atoms with van der Waals surface area (Å²) in [6.45, 7) is 10.3. The van der Waals surface area contributed by atoms with E-state index in [0.717, 1.165) is 31.5 Å². The van der Waals surface area contributed by atoms with Crippen LogP contribution in [0.5, 0.6) is 5.75 Å². The minimum Gasteiger partial charge on any atom is -0.491 e. The molecule has 2 aromatic rings. The summed E-state index contributed by atoms with van der Waals surface area (Å²) in [7, 11) is 0. The lowest BCUT2D eigenvalue weighted by Gasteiger charge is -2.25. The fourth-order valence-electron chi connectivity index (χ4n) is 3.10. The van der Waals surface area contributed by atoms with Gasteiger partial charge in [0.25, 0.3) is 0 Å². The Morgan fingerprint density at radius 1 is 1.06 bits per heavy atom. The molecule has 0 radical (unpaired) electrons. The van der Waals surface area contributed by atoms with Crippen LogP contribution in [0, 0.1) is 0 Å². The van der Waals surface area contributed by atoms with Gasteiger partial charge in [0.15, 0.2) is 6.23 Å². The van der Waals surface area contributed by atoms with E-state index in [2.05, 4.69) is 11.8 Å². The largest absolute Gasteiger partial charge is 0.491 e. The van der Waals surface area contributed by atoms with E-state index in [1.165, 1.54) is 0 Å². The summed E-state index contributed by atoms with van der Waals surface area (Å²) in [4.78, 5) is 24.7. The maximum Gasteiger partial charge on any atom is 0.339 e. The molecular formula is C26H39N3O5. The first-order valence-corrected chi connectivity index (χ1v) is 11.7. The predicted octanol–water partition coefficient (Wildman–Crippen LogP) is 3.93. The molecule has 2 aromatic carbocycles. The Morgan fingerprint density at radius 3 is 2.26 bits per heavy atom. The summed E-state index contributed by atoms with van der Waals surface area (Å²) < 4.78 is 11.1. The van der Waals surface area contributed by atoms with E-state index in [9.17, 15) is 9.59 Å². The van der Waals surface area contributed by atoms with Crippen LogP contribution in [0.25, 0.3) is 0 Å². The number of carbonyl (C=O) groups excluding carboxylic acids is 1. The molecule has 0 saturated carbocycles. The molecule has 0 spiro atoms. The second kappa shape index (κ2) is 15.7. The minimum absolute atomic E-state index is 0.260. The molecule has 8 nitrogen and oxygen atoms in total. The Labute approximate surface area is 202 Å². The number of carboxylic acid groups (broad SMARTS) is 1. The molecule has 0 amide bonds. The van der Waals surface area contributed by atoms with Gasteiger partial charge in [0.1, 0.15) is 11.8 Å². The lowest BCUT2D eigenvalue weighted by molar-refractivity contribution is -0.138. The second-order valence-corrected chi connectivity index (χ2v) is 7.81. The summed E-state index contributed by atoms with van der Waals surface area (Å²) in [5, 5.41) is 8.52. The average molecular weight is 474 g/mol. The number of hydrogen-bond donors (Lipinski definition) is 3. The molecule has 0 aliphatic rings. The second-order valence-electron chi connectivity index (χ2n) is 7.81. The van der Waals surface area contributed by atoms with Crippen LogP contribution in [0.4, 0.5) is 5.69 Å². The van der Waals surface area contributed by atoms with Crippen molar-refractivity contribution in [2.45, 2.75) is 59.2 Å². The highest BCUT2D eigenvalue weighted by atomic mass is 16.6. The monoisotopic (exact) mass is 473 g/mol. The third-order valence-electron chi connectivity index (χ3n) is 5.22. The number of unbranched alkanes of at least 4 members (excludes halogenated alkanes) is 1. The van der Waals surface area contributed by atoms with E-state index < -0.39 is 12.0 Å². The molecule has 188 valence electrons. The van der Waals surface area contributed by atoms with Crippen molar-refractivity contribution in [1.29, 1.82) is 0 Å². The minimum atomic E-state index is -0.959. The Kier molecular flexibility index (Phi) is 13.3. The van der Waals surface area contributed by atoms with Gasteiger partial charge in [-0.1, -0.05) is 57.5 Å². The standard InChI is InChI=1S/C17H28N2O3.C9H11NO2/c1-5-8-11-21-16-12-14(9-10-15(16)18)17(20)22-13(4)19(6-2)7-3;10-8(9(11)12)6-7-4-2-1-3-5-7/h9-10,12-13H,5-8,11,18H2,1-4H3;1-5,8H,6,10H2,(H,11,12)/t;8-/m.1/s1. The number of nitrogens with two attached hydrogens (primary N) is 2. The Bertz CT molecular complexity index is 872. The third-order valence-corrected chi connectivity index (χ3v) is 5.22. The highest BCUT2D eigenvalue weighted by Gasteiger charge is 2.17. The van der Waals surface area contributed by atoms with E-state index in [1.807, 2.05) is 51.1 Å². The van der Waals surface area contributed by atoms with Crippen LogP contribution in [0.15, 0.2) is 48.5 Å². The highest BCUT2D eigenvalue weighted by Crippen LogP contribution is 2.24. The number of benzene rings is 2. The average Bonchev–Trinajstić information content (AvgIpc) is 2.82. The van der Waals surface area contributed by atoms with E-state index >= 15 is 0 Å². The van der Waals surface area contributed by atoms with Crippen molar-refractivity contribution in [3.63, 3.8) is 0 Å². The van der Waals surface area contributed by atoms with Crippen LogP contribution in [0.1, 0.15) is 56.5 Å². The van der Waals surface area contributed by atoms with Gasteiger partial charge in [-0.05, 0) is 56.6 Å². The zero-order valence-electron chi connectivity index (χ0n) is 20.7. The van der Waals surface area contributed by atoms with Crippen molar-refractivity contribution in [2.75, 3.05) is 25.4 Å². The predicted molar refractivity (Wildman–Crippen MR) is 135 cm³/mol. The molecule has 2 rings (SSSR count). The van der Waals surface area contributed by atoms with Gasteiger partial charge in [-0.3, -0.25) is 9.69 Å². The van der Waals surface area contributed by atoms with Gasteiger partial charge in [-0.25, -0.2) is 4.79 Å². The first-order valence-electron chi connectivity index (χ1n) is 11.7. The Balaban J connectivity index is 0.000000404. The maximum absolute atomic E-state index is 12.2. The molecule has 0 heterocycles. The molecule has 34 heavy (non-hydrogen) atoms. The van der Waals surface area contributed by atoms with E-state index in [1.54, 1.807) is 18.2 Å². The number of nitrogens with zero attached hydrogens (tertiary/aromatic N) is 1. The van der Waals surface area contributed by atoms with Crippen molar-refractivity contribution in [2.24, 2.45) is 5.73 Å². The number of rotatable bonds is 12. The lowest BCUT2D eigenvalue weighted by Crippen LogP contribution is -2.36. The molecule has 8 heteroatoms. The van der Waals surface area contributed by atoms with Crippen molar-refractivity contribution in [3.05, 3.63) is 59.7 Å². The number of hydrogen-bond acceptors (Lipinski definition) is 7. The Morgan fingerprint density at radius 2 is 1.71 bits per heavy atom. The van der Waals surface area contributed by atoms with Crippen molar-refractivity contribution in [1.82, 2.24) is 4.90 Å². The van der Waals surface area contributed by atoms with Crippen LogP contribution in [0.2, 0.25) is 0 Å². The van der Waals surface area contributed by atoms with Crippen molar-refractivity contribution < 1.29 is 24.2 Å². The molecule has 5 N–H and O–H groups in total. The van der Waals surface area contributed by atoms with Gasteiger partial charge >= 0.3 is 11.9 Å². The number of carbonyl (C=O) groups is 2. The van der Waals surface area contributed by atoms with Crippen LogP contribution in [-0.2, 0) is 16.0 Å². The molecule has 0 fully saturated rings. The normalized spacial score (nSPS) is 12.3. The van der Waals surface area contributed by atoms with Crippen LogP contribution < -0.4 is 16.2 Å². The van der Waals surface area contributed by atoms with E-state index in [4.69, 9.17) is 26.0 Å². The zero-order valence-corrected chi connectivity index (χ0v) is 20.7. The lowest BCUT2D eigenvalue weighted by atomic mass is 10.1. The number of nitrogen functional groups attached to an aromatic ring is 1. The first-order chi connectivity index (χ1) is 16.2. The number of ether oxygens (including phenoxy) is 2. The fourth-order valence-corrected chi connectivity index (χ4v) is 3.10. The van der Waals surface area contributed by atoms with Gasteiger partial charge in [0, 0.05) is 0 Å². The summed E-state index contributed by atoms with van der Waals surface area (Å²) in [6, 6.07) is 13.5. The SMILES string of the molecule is CCCCOc1cc(C(=O)OC(C)N(CC)CC)ccc1N.N[C@H](Cc1ccccc1)C(=O)O. The summed E-state index contributed by atoms with van der Waals surface area (Å²) in [5.74, 6) is -0.781. The molecular weight excluding hydrogens is 434 g/mol. The van der Waals surface area contributed by atoms with Gasteiger partial charge < -0.3 is 26.0 Å². The van der Waals surface area contributed by atoms with Gasteiger partial charge in [-0.2, -0.15) is 0 Å². The van der Waals surface area contributed by atoms with Gasteiger partial charge in [0.2, 0.25) is 0 Å². The summed E-state index contributed by atoms with van der Waals surface area (Å²) in [5.41, 5.74) is 13.2. The molecule has 2 atom stereocenters. The van der Waals surface area contributed by atoms with E-state index in [-0.39, 0.29) is 12.2 Å². The van der Waals surface area contributed by atoms with E-state index in [0.29, 0.717) is 30.0 Å². The summed E-state index contributed by atoms with van der Waals surface area (Å²) in [6.07, 6.45) is 2.12. The number of anilines is 1. The quantitative estimate of drug-likeness (QED) is 0.183. The highest BCUT2D eigenvalue weighted by molar-refractivity contribution is 5.90. The number of aliphatic carboxylic acids is 1. The van der Waals surface area contributed by atoms with Crippen molar-refractivity contribution in [3.8, 4) is 5.75 Å². The fraction of sp³-hybridized carbons (Fsp3) is 0.462. The van der Waals surface area contributed by atoms with Crippen LogP contribution in [-0.4, -0.2) is 53.9 Å². The molecule has 0 saturated heterocycles. The Hall–Kier alpha value is -3.10. The van der Waals surface area contributed by atoms with Gasteiger partial charge in [-0.15, -0.1) is 0 Å². The maximum atomic E-state index is 12.2. The van der Waals surface area contributed by atoms with Crippen LogP contribution >= 0.6 is 0 Å². The van der Waals surface area contributed by atoms with Gasteiger partial charge in [0.05, 0.1) is 17.9 Å². The zero-order chi connectivity index (χ0) is 25.5. The topological polar surface area (TPSA) is 128 Å². The number of carboxylic acids is 1. The smallest absolute Gasteiger partial charge is 0.339 e. The molecule has 1 unspecified atom stereocenters. The third kappa shape index (κ3) is 10.2. The summed E-state index contributed by atoms with van der Waals surface area (Å²) >= 11 is 0. The molecule has 0 aromatic heterocycles. The van der Waals surface area contributed by atoms with Crippen LogP contribution in [0.3, 0.4) is 0 Å².